The molecule has 39 heavy (non-hydrogen) atoms. The monoisotopic (exact) mass is 524 g/mol. The van der Waals surface area contributed by atoms with Crippen molar-refractivity contribution in [3.05, 3.63) is 105 Å². The molecule has 2 atom stereocenters. The molecule has 0 fully saturated rings. The zero-order valence-electron chi connectivity index (χ0n) is 22.5. The molecule has 6 rings (SSSR count). The molecule has 2 amide bonds. The second-order valence-electron chi connectivity index (χ2n) is 10.3. The number of aromatic amines is 1. The quantitative estimate of drug-likeness (QED) is 0.316. The molecule has 2 aliphatic rings. The Bertz CT molecular complexity index is 1630. The van der Waals surface area contributed by atoms with Gasteiger partial charge in [-0.2, -0.15) is 0 Å². The lowest BCUT2D eigenvalue weighted by molar-refractivity contribution is -0.131. The van der Waals surface area contributed by atoms with E-state index < -0.39 is 12.1 Å². The normalized spacial score (nSPS) is 18.1. The Kier molecular flexibility index (Phi) is 7.11. The average Bonchev–Trinajstić information content (AvgIpc) is 2.91. The summed E-state index contributed by atoms with van der Waals surface area (Å²) in [5, 5.41) is 7.57. The Morgan fingerprint density at radius 3 is 2.56 bits per heavy atom. The van der Waals surface area contributed by atoms with Crippen LogP contribution in [-0.2, 0) is 16.1 Å². The molecule has 3 aromatic carbocycles. The van der Waals surface area contributed by atoms with E-state index in [1.807, 2.05) is 75.4 Å². The highest BCUT2D eigenvalue weighted by Crippen LogP contribution is 2.29. The number of nitrogens with zero attached hydrogens (tertiary/aromatic N) is 1. The Morgan fingerprint density at radius 1 is 0.949 bits per heavy atom. The van der Waals surface area contributed by atoms with Crippen LogP contribution < -0.4 is 16.2 Å². The third-order valence-corrected chi connectivity index (χ3v) is 7.34. The van der Waals surface area contributed by atoms with Gasteiger partial charge in [0.2, 0.25) is 5.91 Å². The number of nitrogens with one attached hydrogen (secondary N) is 3. The van der Waals surface area contributed by atoms with E-state index in [1.54, 1.807) is 24.2 Å². The van der Waals surface area contributed by atoms with Crippen molar-refractivity contribution < 1.29 is 14.3 Å². The Balaban J connectivity index is 1.57. The van der Waals surface area contributed by atoms with E-state index in [9.17, 15) is 14.4 Å². The van der Waals surface area contributed by atoms with Crippen molar-refractivity contribution in [1.29, 1.82) is 0 Å². The second kappa shape index (κ2) is 10.6. The smallest absolute Gasteiger partial charge is 0.411 e. The summed E-state index contributed by atoms with van der Waals surface area (Å²) in [6.07, 6.45) is 1.11. The minimum atomic E-state index is -0.689. The largest absolute Gasteiger partial charge is 0.449 e. The number of carbonyl (C=O) groups excluding carboxylic acids is 2. The van der Waals surface area contributed by atoms with Crippen molar-refractivity contribution in [2.75, 3.05) is 24.3 Å². The maximum Gasteiger partial charge on any atom is 0.411 e. The summed E-state index contributed by atoms with van der Waals surface area (Å²) in [7, 11) is 1.77. The summed E-state index contributed by atoms with van der Waals surface area (Å²) in [6.45, 7) is 6.54. The number of ether oxygens (including phenoxy) is 1. The SMILES string of the molecule is Cc1ccc2cc1CN(C)C(=O)[C@H](Nc1ccc3cc[nH]c(=O)c3c1)c1ccc(c(C)c1)[C@@H](C)COC(=O)N2. The number of pyridine rings is 1. The number of amides is 2. The topological polar surface area (TPSA) is 104 Å². The highest BCUT2D eigenvalue weighted by atomic mass is 16.5. The van der Waals surface area contributed by atoms with Gasteiger partial charge in [-0.1, -0.05) is 37.3 Å². The molecule has 3 N–H and O–H groups in total. The molecule has 8 nitrogen and oxygen atoms in total. The van der Waals surface area contributed by atoms with Crippen molar-refractivity contribution in [2.24, 2.45) is 0 Å². The van der Waals surface area contributed by atoms with Crippen LogP contribution in [0, 0.1) is 13.8 Å². The van der Waals surface area contributed by atoms with Gasteiger partial charge in [0.25, 0.3) is 5.56 Å². The van der Waals surface area contributed by atoms with Crippen LogP contribution in [-0.4, -0.2) is 35.5 Å². The van der Waals surface area contributed by atoms with Gasteiger partial charge in [0.05, 0.1) is 6.61 Å². The van der Waals surface area contributed by atoms with E-state index in [-0.39, 0.29) is 24.0 Å². The van der Waals surface area contributed by atoms with Gasteiger partial charge >= 0.3 is 6.09 Å². The van der Waals surface area contributed by atoms with Crippen molar-refractivity contribution in [1.82, 2.24) is 9.88 Å². The fraction of sp³-hybridized carbons (Fsp3) is 0.258. The molecule has 0 unspecified atom stereocenters. The predicted molar refractivity (Wildman–Crippen MR) is 153 cm³/mol. The number of anilines is 2. The van der Waals surface area contributed by atoms with Crippen molar-refractivity contribution >= 4 is 34.1 Å². The first-order chi connectivity index (χ1) is 18.7. The third kappa shape index (κ3) is 5.50. The van der Waals surface area contributed by atoms with Crippen LogP contribution in [0.1, 0.15) is 46.7 Å². The lowest BCUT2D eigenvalue weighted by Crippen LogP contribution is -2.35. The number of fused-ring (bicyclic) bond motifs is 10. The number of aryl methyl sites for hydroxylation is 2. The summed E-state index contributed by atoms with van der Waals surface area (Å²) in [6, 6.07) is 18.2. The van der Waals surface area contributed by atoms with Crippen LogP contribution in [0.25, 0.3) is 10.8 Å². The lowest BCUT2D eigenvalue weighted by atomic mass is 9.93. The van der Waals surface area contributed by atoms with Gasteiger partial charge in [-0.05, 0) is 77.4 Å². The molecule has 200 valence electrons. The predicted octanol–water partition coefficient (Wildman–Crippen LogP) is 5.62. The Hall–Kier alpha value is -4.59. The molecule has 3 heterocycles. The van der Waals surface area contributed by atoms with Gasteiger partial charge in [0, 0.05) is 42.5 Å². The summed E-state index contributed by atoms with van der Waals surface area (Å²) in [5.74, 6) is -0.162. The van der Waals surface area contributed by atoms with Crippen LogP contribution in [0.2, 0.25) is 0 Å². The molecule has 8 heteroatoms. The summed E-state index contributed by atoms with van der Waals surface area (Å²) in [4.78, 5) is 43.3. The van der Waals surface area contributed by atoms with Gasteiger partial charge in [0.1, 0.15) is 6.04 Å². The highest BCUT2D eigenvalue weighted by molar-refractivity contribution is 5.89. The average molecular weight is 525 g/mol. The molecule has 1 aromatic heterocycles. The molecular formula is C31H32N4O4. The first-order valence-corrected chi connectivity index (χ1v) is 13.0. The summed E-state index contributed by atoms with van der Waals surface area (Å²) in [5.41, 5.74) is 5.84. The molecule has 0 saturated carbocycles. The number of benzene rings is 3. The number of likely N-dealkylation sites (N-methyl/N-ethyl adjacent to an activating group) is 1. The van der Waals surface area contributed by atoms with E-state index in [0.717, 1.165) is 33.2 Å². The van der Waals surface area contributed by atoms with Crippen LogP contribution in [0.15, 0.2) is 71.7 Å². The van der Waals surface area contributed by atoms with Gasteiger partial charge in [0.15, 0.2) is 0 Å². The molecule has 0 saturated heterocycles. The first-order valence-electron chi connectivity index (χ1n) is 13.0. The van der Waals surface area contributed by atoms with E-state index in [4.69, 9.17) is 4.74 Å². The standard InChI is InChI=1S/C31H32N4O4/c1-18-5-8-24-14-23(18)16-35(4)30(37)28(33-25-9-6-21-11-12-32-29(36)27(21)15-25)22-7-10-26(19(2)13-22)20(3)17-39-31(38)34-24/h5-15,20,28,33H,16-17H2,1-4H3,(H,32,36)(H,34,38)/t20-,28+/m0/s1. The van der Waals surface area contributed by atoms with Crippen LogP contribution in [0.4, 0.5) is 16.2 Å². The fourth-order valence-corrected chi connectivity index (χ4v) is 5.08. The number of hydrogen-bond donors (Lipinski definition) is 3. The Labute approximate surface area is 227 Å². The summed E-state index contributed by atoms with van der Waals surface area (Å²) < 4.78 is 5.52. The van der Waals surface area contributed by atoms with E-state index in [0.29, 0.717) is 23.3 Å². The second-order valence-corrected chi connectivity index (χ2v) is 10.3. The molecule has 2 aliphatic heterocycles. The van der Waals surface area contributed by atoms with Gasteiger partial charge < -0.3 is 19.9 Å². The van der Waals surface area contributed by atoms with Crippen LogP contribution in [0.5, 0.6) is 0 Å². The van der Waals surface area contributed by atoms with Crippen LogP contribution in [0.3, 0.4) is 0 Å². The number of hydrogen-bond acceptors (Lipinski definition) is 5. The van der Waals surface area contributed by atoms with Gasteiger partial charge in [-0.3, -0.25) is 14.9 Å². The molecule has 0 radical (unpaired) electrons. The van der Waals surface area contributed by atoms with Crippen LogP contribution >= 0.6 is 0 Å². The number of carbonyl (C=O) groups is 2. The van der Waals surface area contributed by atoms with Gasteiger partial charge in [-0.15, -0.1) is 0 Å². The fourth-order valence-electron chi connectivity index (χ4n) is 5.08. The van der Waals surface area contributed by atoms with E-state index in [2.05, 4.69) is 15.6 Å². The zero-order valence-corrected chi connectivity index (χ0v) is 22.5. The summed E-state index contributed by atoms with van der Waals surface area (Å²) >= 11 is 0. The number of H-pyrrole nitrogens is 1. The molecular weight excluding hydrogens is 492 g/mol. The lowest BCUT2D eigenvalue weighted by Gasteiger charge is -2.27. The van der Waals surface area contributed by atoms with Crippen molar-refractivity contribution in [3.63, 3.8) is 0 Å². The minimum absolute atomic E-state index is 0.0386. The molecule has 0 spiro atoms. The molecule has 4 bridgehead atoms. The maximum atomic E-state index is 14.0. The third-order valence-electron chi connectivity index (χ3n) is 7.34. The van der Waals surface area contributed by atoms with Gasteiger partial charge in [-0.25, -0.2) is 4.79 Å². The maximum absolute atomic E-state index is 14.0. The van der Waals surface area contributed by atoms with E-state index >= 15 is 0 Å². The van der Waals surface area contributed by atoms with E-state index in [1.165, 1.54) is 0 Å². The minimum Gasteiger partial charge on any atom is -0.449 e. The Morgan fingerprint density at radius 2 is 1.77 bits per heavy atom. The molecule has 0 aliphatic carbocycles. The molecule has 4 aromatic rings. The zero-order chi connectivity index (χ0) is 27.7. The van der Waals surface area contributed by atoms with Crippen molar-refractivity contribution in [2.45, 2.75) is 39.3 Å². The highest BCUT2D eigenvalue weighted by Gasteiger charge is 2.26. The number of rotatable bonds is 2. The van der Waals surface area contributed by atoms with Crippen molar-refractivity contribution in [3.8, 4) is 0 Å². The number of aromatic nitrogens is 1. The first kappa shape index (κ1) is 26.0.